The van der Waals surface area contributed by atoms with Crippen molar-refractivity contribution < 1.29 is 45.5 Å². The molecule has 3 aliphatic rings. The van der Waals surface area contributed by atoms with Gasteiger partial charge in [-0.2, -0.15) is 31.6 Å². The average Bonchev–Trinajstić information content (AvgIpc) is 3.41. The minimum atomic E-state index is -4.91. The van der Waals surface area contributed by atoms with Gasteiger partial charge in [0, 0.05) is 19.0 Å². The van der Waals surface area contributed by atoms with Crippen LogP contribution < -0.4 is 4.90 Å². The van der Waals surface area contributed by atoms with E-state index in [1.807, 2.05) is 0 Å². The van der Waals surface area contributed by atoms with Gasteiger partial charge < -0.3 is 9.64 Å². The van der Waals surface area contributed by atoms with Gasteiger partial charge in [0.15, 0.2) is 0 Å². The second kappa shape index (κ2) is 8.54. The van der Waals surface area contributed by atoms with Crippen molar-refractivity contribution in [2.24, 2.45) is 11.8 Å². The van der Waals surface area contributed by atoms with E-state index in [2.05, 4.69) is 0 Å². The van der Waals surface area contributed by atoms with Gasteiger partial charge in [-0.25, -0.2) is 4.90 Å². The van der Waals surface area contributed by atoms with Crippen molar-refractivity contribution in [2.45, 2.75) is 49.9 Å². The molecule has 0 aliphatic carbocycles. The first-order chi connectivity index (χ1) is 18.4. The third kappa shape index (κ3) is 3.88. The van der Waals surface area contributed by atoms with E-state index < -0.39 is 75.8 Å². The Bertz CT molecular complexity index is 1480. The molecule has 3 heterocycles. The number of carbonyl (C=O) groups is 3. The van der Waals surface area contributed by atoms with E-state index >= 15 is 0 Å². The number of alkyl halides is 6. The molecule has 2 aromatic rings. The van der Waals surface area contributed by atoms with Crippen LogP contribution in [0.3, 0.4) is 0 Å². The Morgan fingerprint density at radius 2 is 1.60 bits per heavy atom. The summed E-state index contributed by atoms with van der Waals surface area (Å²) in [6.45, 7) is 3.12. The maximum Gasteiger partial charge on any atom is 0.417 e. The maximum atomic E-state index is 13.7. The molecule has 0 spiro atoms. The monoisotopic (exact) mass is 565 g/mol. The van der Waals surface area contributed by atoms with Gasteiger partial charge in [0.25, 0.3) is 5.91 Å². The largest absolute Gasteiger partial charge is 0.417 e. The Morgan fingerprint density at radius 1 is 1.00 bits per heavy atom. The molecule has 3 amide bonds. The number of halogens is 6. The van der Waals surface area contributed by atoms with Gasteiger partial charge in [-0.05, 0) is 56.3 Å². The Labute approximate surface area is 223 Å². The molecule has 0 aromatic heterocycles. The molecular weight excluding hydrogens is 544 g/mol. The number of hydrogen-bond acceptors (Lipinski definition) is 5. The smallest absolute Gasteiger partial charge is 0.365 e. The summed E-state index contributed by atoms with van der Waals surface area (Å²) in [5.74, 6) is -4.38. The molecule has 5 atom stereocenters. The van der Waals surface area contributed by atoms with E-state index in [1.165, 1.54) is 18.0 Å². The van der Waals surface area contributed by atoms with Crippen molar-refractivity contribution in [2.75, 3.05) is 11.9 Å². The fourth-order valence-electron chi connectivity index (χ4n) is 6.45. The lowest BCUT2D eigenvalue weighted by Gasteiger charge is -2.40. The minimum absolute atomic E-state index is 0.0312. The summed E-state index contributed by atoms with van der Waals surface area (Å²) in [7, 11) is 1.41. The predicted molar refractivity (Wildman–Crippen MR) is 125 cm³/mol. The number of carbonyl (C=O) groups excluding carboxylic acids is 3. The summed E-state index contributed by atoms with van der Waals surface area (Å²) in [5.41, 5.74) is -5.92. The number of amides is 3. The van der Waals surface area contributed by atoms with E-state index in [0.717, 1.165) is 36.4 Å². The highest BCUT2D eigenvalue weighted by Gasteiger charge is 2.76. The van der Waals surface area contributed by atoms with Gasteiger partial charge in [0.05, 0.1) is 57.5 Å². The molecule has 5 rings (SSSR count). The van der Waals surface area contributed by atoms with Crippen molar-refractivity contribution in [1.82, 2.24) is 4.90 Å². The van der Waals surface area contributed by atoms with Crippen molar-refractivity contribution in [3.05, 3.63) is 64.7 Å². The number of hydrogen-bond donors (Lipinski definition) is 0. The first-order valence-corrected chi connectivity index (χ1v) is 12.1. The topological polar surface area (TPSA) is 90.7 Å². The molecular formula is C27H21F6N3O4. The highest BCUT2D eigenvalue weighted by molar-refractivity contribution is 6.23. The molecule has 3 fully saturated rings. The molecule has 3 unspecified atom stereocenters. The van der Waals surface area contributed by atoms with Crippen LogP contribution in [0.2, 0.25) is 0 Å². The number of nitriles is 1. The van der Waals surface area contributed by atoms with Gasteiger partial charge in [-0.15, -0.1) is 0 Å². The molecule has 3 saturated heterocycles. The van der Waals surface area contributed by atoms with Crippen LogP contribution in [0.5, 0.6) is 0 Å². The van der Waals surface area contributed by atoms with Crippen LogP contribution in [0, 0.1) is 23.2 Å². The molecule has 3 aliphatic heterocycles. The quantitative estimate of drug-likeness (QED) is 0.394. The number of benzene rings is 2. The highest BCUT2D eigenvalue weighted by Crippen LogP contribution is 2.62. The van der Waals surface area contributed by atoms with Crippen LogP contribution in [0.15, 0.2) is 42.5 Å². The van der Waals surface area contributed by atoms with Gasteiger partial charge in [0.1, 0.15) is 0 Å². The van der Waals surface area contributed by atoms with Gasteiger partial charge in [-0.3, -0.25) is 14.4 Å². The molecule has 2 aromatic carbocycles. The van der Waals surface area contributed by atoms with Gasteiger partial charge >= 0.3 is 12.4 Å². The van der Waals surface area contributed by atoms with Crippen LogP contribution in [-0.4, -0.2) is 46.9 Å². The molecule has 13 heteroatoms. The molecule has 40 heavy (non-hydrogen) atoms. The summed E-state index contributed by atoms with van der Waals surface area (Å²) < 4.78 is 85.7. The molecule has 0 radical (unpaired) electrons. The van der Waals surface area contributed by atoms with Crippen LogP contribution in [0.25, 0.3) is 0 Å². The van der Waals surface area contributed by atoms with Crippen LogP contribution in [0.4, 0.5) is 32.0 Å². The Kier molecular flexibility index (Phi) is 5.90. The van der Waals surface area contributed by atoms with Crippen LogP contribution in [0.1, 0.15) is 47.3 Å². The summed E-state index contributed by atoms with van der Waals surface area (Å²) >= 11 is 0. The van der Waals surface area contributed by atoms with Crippen molar-refractivity contribution >= 4 is 23.4 Å². The number of rotatable bonds is 3. The first-order valence-electron chi connectivity index (χ1n) is 12.1. The van der Waals surface area contributed by atoms with Gasteiger partial charge in [0.2, 0.25) is 11.8 Å². The third-order valence-electron chi connectivity index (χ3n) is 8.23. The second-order valence-electron chi connectivity index (χ2n) is 10.6. The van der Waals surface area contributed by atoms with E-state index in [9.17, 15) is 40.7 Å². The lowest BCUT2D eigenvalue weighted by atomic mass is 9.66. The van der Waals surface area contributed by atoms with Crippen molar-refractivity contribution in [3.8, 4) is 6.07 Å². The lowest BCUT2D eigenvalue weighted by Crippen LogP contribution is -2.56. The van der Waals surface area contributed by atoms with Crippen LogP contribution >= 0.6 is 0 Å². The molecule has 210 valence electrons. The summed E-state index contributed by atoms with van der Waals surface area (Å²) in [6, 6.07) is 6.87. The predicted octanol–water partition coefficient (Wildman–Crippen LogP) is 4.79. The van der Waals surface area contributed by atoms with E-state index in [-0.39, 0.29) is 17.7 Å². The van der Waals surface area contributed by atoms with E-state index in [0.29, 0.717) is 11.0 Å². The molecule has 0 N–H and O–H groups in total. The van der Waals surface area contributed by atoms with E-state index in [1.54, 1.807) is 13.8 Å². The Hall–Kier alpha value is -3.92. The van der Waals surface area contributed by atoms with Crippen molar-refractivity contribution in [3.63, 3.8) is 0 Å². The molecule has 0 saturated carbocycles. The number of ether oxygens (including phenoxy) is 1. The van der Waals surface area contributed by atoms with E-state index in [4.69, 9.17) is 10.00 Å². The lowest BCUT2D eigenvalue weighted by molar-refractivity contribution is -0.138. The molecule has 2 bridgehead atoms. The van der Waals surface area contributed by atoms with Gasteiger partial charge in [-0.1, -0.05) is 0 Å². The zero-order chi connectivity index (χ0) is 29.6. The normalized spacial score (nSPS) is 29.5. The number of imide groups is 1. The number of nitrogens with zero attached hydrogens (tertiary/aromatic N) is 3. The summed E-state index contributed by atoms with van der Waals surface area (Å²) in [5, 5.41) is 9.08. The van der Waals surface area contributed by atoms with Crippen LogP contribution in [-0.2, 0) is 26.7 Å². The third-order valence-corrected chi connectivity index (χ3v) is 8.23. The standard InChI is InChI=1S/C27H21F6N3O4/c1-24-11-18(35(3)21(37)13-4-7-15(8-5-13)26(28,29)30)25(2,40-24)20-19(24)22(38)36(23(20)39)16-9-6-14(12-34)17(10-16)27(31,32)33/h4-10,18-20H,11H2,1-3H3/t18-,19?,20+,24?,25?/m1/s1. The fourth-order valence-corrected chi connectivity index (χ4v) is 6.45. The number of anilines is 1. The highest BCUT2D eigenvalue weighted by atomic mass is 19.4. The maximum absolute atomic E-state index is 13.7. The second-order valence-corrected chi connectivity index (χ2v) is 10.6. The zero-order valence-electron chi connectivity index (χ0n) is 21.2. The number of likely N-dealkylation sites (N-methyl/N-ethyl adjacent to an activating group) is 1. The molecule has 7 nitrogen and oxygen atoms in total. The fraction of sp³-hybridized carbons (Fsp3) is 0.407. The zero-order valence-corrected chi connectivity index (χ0v) is 21.2. The summed E-state index contributed by atoms with van der Waals surface area (Å²) in [4.78, 5) is 42.3. The summed E-state index contributed by atoms with van der Waals surface area (Å²) in [6.07, 6.45) is -9.39. The Morgan fingerprint density at radius 3 is 2.15 bits per heavy atom. The average molecular weight is 565 g/mol. The minimum Gasteiger partial charge on any atom is -0.365 e. The SMILES string of the molecule is CN(C(=O)c1ccc(C(F)(F)F)cc1)[C@@H]1CC2(C)OC1(C)[C@@H]1C(=O)N(c3ccc(C#N)c(C(F)(F)F)c3)C(=O)C12. The Balaban J connectivity index is 1.47. The first kappa shape index (κ1) is 27.6. The number of fused-ring (bicyclic) bond motifs is 5. The van der Waals surface area contributed by atoms with Crippen molar-refractivity contribution in [1.29, 1.82) is 5.26 Å².